The lowest BCUT2D eigenvalue weighted by molar-refractivity contribution is -0.149. The molecule has 1 saturated heterocycles. The van der Waals surface area contributed by atoms with Crippen molar-refractivity contribution < 1.29 is 18.7 Å². The molecule has 0 unspecified atom stereocenters. The fourth-order valence-corrected chi connectivity index (χ4v) is 2.85. The molecule has 2 heterocycles. The second-order valence-corrected chi connectivity index (χ2v) is 5.97. The molecule has 1 fully saturated rings. The Hall–Kier alpha value is -2.02. The van der Waals surface area contributed by atoms with E-state index in [-0.39, 0.29) is 11.9 Å². The number of rotatable bonds is 8. The Morgan fingerprint density at radius 1 is 1.44 bits per heavy atom. The Balaban J connectivity index is 1.85. The van der Waals surface area contributed by atoms with Gasteiger partial charge in [-0.15, -0.1) is 0 Å². The van der Waals surface area contributed by atoms with Gasteiger partial charge in [-0.1, -0.05) is 0 Å². The zero-order valence-electron chi connectivity index (χ0n) is 15.2. The van der Waals surface area contributed by atoms with Crippen LogP contribution in [-0.2, 0) is 20.7 Å². The number of carbonyl (C=O) groups is 1. The van der Waals surface area contributed by atoms with Gasteiger partial charge in [0.2, 0.25) is 0 Å². The van der Waals surface area contributed by atoms with Gasteiger partial charge >= 0.3 is 5.97 Å². The van der Waals surface area contributed by atoms with Gasteiger partial charge < -0.3 is 24.1 Å². The Bertz CT molecular complexity index is 522. The average molecular weight is 351 g/mol. The van der Waals surface area contributed by atoms with Crippen LogP contribution in [0.3, 0.4) is 0 Å². The molecule has 0 saturated carbocycles. The Kier molecular flexibility index (Phi) is 8.31. The molecule has 0 radical (unpaired) electrons. The van der Waals surface area contributed by atoms with Gasteiger partial charge in [-0.05, 0) is 31.9 Å². The molecule has 1 aliphatic heterocycles. The summed E-state index contributed by atoms with van der Waals surface area (Å²) in [6, 6.07) is 3.86. The second-order valence-electron chi connectivity index (χ2n) is 5.97. The number of esters is 1. The van der Waals surface area contributed by atoms with Gasteiger partial charge in [-0.2, -0.15) is 0 Å². The number of methoxy groups -OCH3 is 1. The number of furan rings is 1. The molecule has 0 amide bonds. The minimum Gasteiger partial charge on any atom is -0.469 e. The Morgan fingerprint density at radius 2 is 2.24 bits per heavy atom. The lowest BCUT2D eigenvalue weighted by Crippen LogP contribution is -2.47. The molecule has 0 aliphatic carbocycles. The number of carbonyl (C=O) groups excluding carboxylic acids is 1. The van der Waals surface area contributed by atoms with Crippen molar-refractivity contribution >= 4 is 11.9 Å². The topological polar surface area (TPSA) is 76.3 Å². The van der Waals surface area contributed by atoms with E-state index >= 15 is 0 Å². The number of nitrogens with zero attached hydrogens (tertiary/aromatic N) is 2. The fraction of sp³-hybridized carbons (Fsp3) is 0.667. The van der Waals surface area contributed by atoms with Gasteiger partial charge in [0.05, 0.1) is 31.9 Å². The van der Waals surface area contributed by atoms with Crippen molar-refractivity contribution in [1.29, 1.82) is 0 Å². The molecule has 7 heteroatoms. The predicted octanol–water partition coefficient (Wildman–Crippen LogP) is 1.69. The van der Waals surface area contributed by atoms with Crippen molar-refractivity contribution in [3.8, 4) is 0 Å². The van der Waals surface area contributed by atoms with Crippen LogP contribution in [0.1, 0.15) is 25.5 Å². The molecule has 0 aromatic carbocycles. The standard InChI is InChI=1S/C18H29N3O4/c1-3-24-17(22)15-7-11-21(12-8-15)18(20-10-14-23-2)19-9-6-16-5-4-13-25-16/h4-5,13,15H,3,6-12,14H2,1-2H3,(H,19,20). The summed E-state index contributed by atoms with van der Waals surface area (Å²) in [6.07, 6.45) is 4.07. The first-order valence-electron chi connectivity index (χ1n) is 8.95. The molecular formula is C18H29N3O4. The SMILES string of the molecule is CCOC(=O)C1CCN(C(=NCCOC)NCCc2ccco2)CC1. The number of hydrogen-bond acceptors (Lipinski definition) is 5. The quantitative estimate of drug-likeness (QED) is 0.332. The highest BCUT2D eigenvalue weighted by molar-refractivity contribution is 5.80. The number of likely N-dealkylation sites (tertiary alicyclic amines) is 1. The highest BCUT2D eigenvalue weighted by atomic mass is 16.5. The zero-order chi connectivity index (χ0) is 17.9. The third-order valence-corrected chi connectivity index (χ3v) is 4.21. The molecule has 1 aliphatic rings. The maximum absolute atomic E-state index is 11.9. The van der Waals surface area contributed by atoms with Gasteiger partial charge in [0.15, 0.2) is 5.96 Å². The minimum absolute atomic E-state index is 0.000422. The summed E-state index contributed by atoms with van der Waals surface area (Å²) in [5, 5.41) is 3.40. The lowest BCUT2D eigenvalue weighted by atomic mass is 9.97. The molecule has 7 nitrogen and oxygen atoms in total. The van der Waals surface area contributed by atoms with Crippen LogP contribution in [0.15, 0.2) is 27.8 Å². The highest BCUT2D eigenvalue weighted by Crippen LogP contribution is 2.18. The third-order valence-electron chi connectivity index (χ3n) is 4.21. The zero-order valence-corrected chi connectivity index (χ0v) is 15.2. The van der Waals surface area contributed by atoms with Gasteiger partial charge in [-0.3, -0.25) is 9.79 Å². The molecule has 0 atom stereocenters. The summed E-state index contributed by atoms with van der Waals surface area (Å²) < 4.78 is 15.6. The molecule has 1 aromatic heterocycles. The Morgan fingerprint density at radius 3 is 2.88 bits per heavy atom. The first-order chi connectivity index (χ1) is 12.2. The summed E-state index contributed by atoms with van der Waals surface area (Å²) in [6.45, 7) is 5.82. The number of aliphatic imine (C=N–C) groups is 1. The normalized spacial score (nSPS) is 16.1. The molecule has 0 spiro atoms. The van der Waals surface area contributed by atoms with E-state index in [1.54, 1.807) is 13.4 Å². The van der Waals surface area contributed by atoms with Crippen molar-refractivity contribution in [2.24, 2.45) is 10.9 Å². The smallest absolute Gasteiger partial charge is 0.309 e. The molecule has 2 rings (SSSR count). The monoisotopic (exact) mass is 351 g/mol. The van der Waals surface area contributed by atoms with Crippen molar-refractivity contribution in [1.82, 2.24) is 10.2 Å². The van der Waals surface area contributed by atoms with E-state index in [0.717, 1.165) is 50.6 Å². The van der Waals surface area contributed by atoms with E-state index < -0.39 is 0 Å². The number of guanidine groups is 1. The van der Waals surface area contributed by atoms with E-state index in [4.69, 9.17) is 13.9 Å². The van der Waals surface area contributed by atoms with Crippen molar-refractivity contribution in [2.75, 3.05) is 46.5 Å². The van der Waals surface area contributed by atoms with Gasteiger partial charge in [0, 0.05) is 33.2 Å². The van der Waals surface area contributed by atoms with Crippen LogP contribution in [0.25, 0.3) is 0 Å². The van der Waals surface area contributed by atoms with Crippen LogP contribution in [-0.4, -0.2) is 63.3 Å². The van der Waals surface area contributed by atoms with Crippen molar-refractivity contribution in [3.63, 3.8) is 0 Å². The van der Waals surface area contributed by atoms with Crippen LogP contribution in [0.5, 0.6) is 0 Å². The van der Waals surface area contributed by atoms with E-state index in [1.165, 1.54) is 0 Å². The van der Waals surface area contributed by atoms with E-state index in [0.29, 0.717) is 19.8 Å². The number of piperidine rings is 1. The van der Waals surface area contributed by atoms with Crippen molar-refractivity contribution in [3.05, 3.63) is 24.2 Å². The van der Waals surface area contributed by atoms with Gasteiger partial charge in [0.25, 0.3) is 0 Å². The lowest BCUT2D eigenvalue weighted by Gasteiger charge is -2.33. The molecule has 25 heavy (non-hydrogen) atoms. The number of hydrogen-bond donors (Lipinski definition) is 1. The summed E-state index contributed by atoms with van der Waals surface area (Å²) in [4.78, 5) is 18.7. The van der Waals surface area contributed by atoms with Crippen LogP contribution in [0.2, 0.25) is 0 Å². The third kappa shape index (κ3) is 6.42. The summed E-state index contributed by atoms with van der Waals surface area (Å²) in [5.74, 6) is 1.74. The number of ether oxygens (including phenoxy) is 2. The van der Waals surface area contributed by atoms with Crippen LogP contribution < -0.4 is 5.32 Å². The predicted molar refractivity (Wildman–Crippen MR) is 95.5 cm³/mol. The first kappa shape index (κ1) is 19.3. The van der Waals surface area contributed by atoms with Gasteiger partial charge in [-0.25, -0.2) is 0 Å². The average Bonchev–Trinajstić information content (AvgIpc) is 3.14. The van der Waals surface area contributed by atoms with E-state index in [1.807, 2.05) is 19.1 Å². The van der Waals surface area contributed by atoms with E-state index in [2.05, 4.69) is 15.2 Å². The summed E-state index contributed by atoms with van der Waals surface area (Å²) >= 11 is 0. The summed E-state index contributed by atoms with van der Waals surface area (Å²) in [5.41, 5.74) is 0. The Labute approximate surface area is 149 Å². The van der Waals surface area contributed by atoms with Crippen LogP contribution >= 0.6 is 0 Å². The minimum atomic E-state index is -0.0780. The molecule has 140 valence electrons. The first-order valence-corrected chi connectivity index (χ1v) is 8.95. The molecular weight excluding hydrogens is 322 g/mol. The van der Waals surface area contributed by atoms with E-state index in [9.17, 15) is 4.79 Å². The van der Waals surface area contributed by atoms with Crippen molar-refractivity contribution in [2.45, 2.75) is 26.2 Å². The van der Waals surface area contributed by atoms with Gasteiger partial charge in [0.1, 0.15) is 5.76 Å². The highest BCUT2D eigenvalue weighted by Gasteiger charge is 2.27. The molecule has 0 bridgehead atoms. The van der Waals surface area contributed by atoms with Crippen LogP contribution in [0.4, 0.5) is 0 Å². The largest absolute Gasteiger partial charge is 0.469 e. The summed E-state index contributed by atoms with van der Waals surface area (Å²) in [7, 11) is 1.67. The maximum Gasteiger partial charge on any atom is 0.309 e. The molecule has 1 N–H and O–H groups in total. The number of nitrogens with one attached hydrogen (secondary N) is 1. The molecule has 1 aromatic rings. The second kappa shape index (κ2) is 10.8. The fourth-order valence-electron chi connectivity index (χ4n) is 2.85. The van der Waals surface area contributed by atoms with Crippen LogP contribution in [0, 0.1) is 5.92 Å². The maximum atomic E-state index is 11.9.